The monoisotopic (exact) mass is 264 g/mol. The zero-order valence-electron chi connectivity index (χ0n) is 11.1. The van der Waals surface area contributed by atoms with E-state index < -0.39 is 0 Å². The van der Waals surface area contributed by atoms with Crippen molar-refractivity contribution in [2.24, 2.45) is 11.7 Å². The maximum Gasteiger partial charge on any atom is 0.0952 e. The van der Waals surface area contributed by atoms with Crippen molar-refractivity contribution in [3.05, 3.63) is 34.3 Å². The van der Waals surface area contributed by atoms with Gasteiger partial charge in [-0.25, -0.2) is 9.97 Å². The minimum Gasteiger partial charge on any atom is -0.327 e. The van der Waals surface area contributed by atoms with Gasteiger partial charge in [-0.3, -0.25) is 0 Å². The van der Waals surface area contributed by atoms with Gasteiger partial charge >= 0.3 is 0 Å². The Morgan fingerprint density at radius 2 is 2.22 bits per heavy atom. The molecule has 0 aliphatic carbocycles. The lowest BCUT2D eigenvalue weighted by Gasteiger charge is -2.16. The summed E-state index contributed by atoms with van der Waals surface area (Å²) in [6, 6.07) is 0.0484. The zero-order chi connectivity index (χ0) is 13.1. The van der Waals surface area contributed by atoms with E-state index in [2.05, 4.69) is 33.8 Å². The van der Waals surface area contributed by atoms with E-state index >= 15 is 0 Å². The van der Waals surface area contributed by atoms with E-state index in [0.717, 1.165) is 29.4 Å². The van der Waals surface area contributed by atoms with Crippen molar-refractivity contribution in [1.29, 1.82) is 0 Å². The van der Waals surface area contributed by atoms with E-state index in [4.69, 9.17) is 5.73 Å². The molecule has 2 aromatic rings. The summed E-state index contributed by atoms with van der Waals surface area (Å²) >= 11 is 1.68. The van der Waals surface area contributed by atoms with Gasteiger partial charge in [0.2, 0.25) is 0 Å². The van der Waals surface area contributed by atoms with E-state index in [1.807, 2.05) is 19.4 Å². The molecule has 5 heteroatoms. The largest absolute Gasteiger partial charge is 0.327 e. The first-order chi connectivity index (χ1) is 8.56. The normalized spacial score (nSPS) is 13.2. The third-order valence-electron chi connectivity index (χ3n) is 2.85. The first-order valence-electron chi connectivity index (χ1n) is 6.23. The van der Waals surface area contributed by atoms with Crippen LogP contribution >= 0.6 is 11.3 Å². The lowest BCUT2D eigenvalue weighted by molar-refractivity contribution is 0.488. The highest BCUT2D eigenvalue weighted by atomic mass is 32.1. The summed E-state index contributed by atoms with van der Waals surface area (Å²) in [4.78, 5) is 8.69. The van der Waals surface area contributed by atoms with Crippen molar-refractivity contribution >= 4 is 11.3 Å². The highest BCUT2D eigenvalue weighted by Gasteiger charge is 2.13. The van der Waals surface area contributed by atoms with Crippen LogP contribution < -0.4 is 5.73 Å². The van der Waals surface area contributed by atoms with Crippen LogP contribution in [0.1, 0.15) is 42.7 Å². The van der Waals surface area contributed by atoms with Crippen molar-refractivity contribution in [3.63, 3.8) is 0 Å². The molecule has 2 N–H and O–H groups in total. The van der Waals surface area contributed by atoms with Crippen LogP contribution in [-0.2, 0) is 6.54 Å². The molecule has 18 heavy (non-hydrogen) atoms. The van der Waals surface area contributed by atoms with Crippen LogP contribution in [0.4, 0.5) is 0 Å². The summed E-state index contributed by atoms with van der Waals surface area (Å²) in [5.74, 6) is 0.588. The minimum atomic E-state index is 0.0484. The van der Waals surface area contributed by atoms with Gasteiger partial charge in [0.25, 0.3) is 0 Å². The van der Waals surface area contributed by atoms with Gasteiger partial charge in [-0.05, 0) is 19.3 Å². The van der Waals surface area contributed by atoms with Crippen molar-refractivity contribution in [2.45, 2.75) is 39.8 Å². The molecule has 0 radical (unpaired) electrons. The molecule has 0 aromatic carbocycles. The third kappa shape index (κ3) is 3.17. The predicted octanol–water partition coefficient (Wildman–Crippen LogP) is 2.74. The Labute approximate surface area is 112 Å². The average Bonchev–Trinajstić information content (AvgIpc) is 2.87. The second kappa shape index (κ2) is 5.63. The molecule has 1 atom stereocenters. The fraction of sp³-hybridized carbons (Fsp3) is 0.538. The van der Waals surface area contributed by atoms with Crippen molar-refractivity contribution < 1.29 is 0 Å². The van der Waals surface area contributed by atoms with Crippen LogP contribution in [0.3, 0.4) is 0 Å². The first-order valence-corrected chi connectivity index (χ1v) is 7.11. The summed E-state index contributed by atoms with van der Waals surface area (Å²) < 4.78 is 2.10. The fourth-order valence-corrected chi connectivity index (χ4v) is 2.66. The van der Waals surface area contributed by atoms with Crippen LogP contribution in [0.15, 0.2) is 17.9 Å². The molecule has 2 rings (SSSR count). The molecule has 0 aliphatic heterocycles. The number of hydrogen-bond donors (Lipinski definition) is 1. The van der Waals surface area contributed by atoms with Crippen molar-refractivity contribution in [2.75, 3.05) is 0 Å². The lowest BCUT2D eigenvalue weighted by Crippen LogP contribution is -2.17. The summed E-state index contributed by atoms with van der Waals surface area (Å²) in [5, 5.41) is 3.19. The number of nitrogens with two attached hydrogens (primary N) is 1. The summed E-state index contributed by atoms with van der Waals surface area (Å²) in [5.41, 5.74) is 8.39. The van der Waals surface area contributed by atoms with Crippen molar-refractivity contribution in [3.8, 4) is 0 Å². The van der Waals surface area contributed by atoms with Gasteiger partial charge in [0, 0.05) is 17.6 Å². The number of imidazole rings is 1. The van der Waals surface area contributed by atoms with Crippen molar-refractivity contribution in [1.82, 2.24) is 14.5 Å². The maximum atomic E-state index is 6.22. The molecule has 98 valence electrons. The lowest BCUT2D eigenvalue weighted by atomic mass is 10.0. The molecule has 1 unspecified atom stereocenters. The Morgan fingerprint density at radius 3 is 2.83 bits per heavy atom. The summed E-state index contributed by atoms with van der Waals surface area (Å²) in [6.45, 7) is 7.15. The quantitative estimate of drug-likeness (QED) is 0.903. The Balaban J connectivity index is 2.12. The molecule has 0 saturated heterocycles. The first kappa shape index (κ1) is 13.2. The Hall–Kier alpha value is -1.20. The number of hydrogen-bond acceptors (Lipinski definition) is 4. The molecular formula is C13H20N4S. The molecule has 0 fully saturated rings. The van der Waals surface area contributed by atoms with Gasteiger partial charge in [-0.2, -0.15) is 0 Å². The molecule has 0 bridgehead atoms. The van der Waals surface area contributed by atoms with Crippen LogP contribution in [-0.4, -0.2) is 14.5 Å². The highest BCUT2D eigenvalue weighted by molar-refractivity contribution is 7.09. The highest BCUT2D eigenvalue weighted by Crippen LogP contribution is 2.19. The molecule has 0 spiro atoms. The Morgan fingerprint density at radius 1 is 1.44 bits per heavy atom. The standard InChI is InChI=1S/C13H20N4S/c1-9(2)4-12(14)13-5-15-8-17(13)6-11-7-18-10(3)16-11/h5,7-9,12H,4,6,14H2,1-3H3. The molecule has 0 aliphatic rings. The maximum absolute atomic E-state index is 6.22. The molecule has 0 saturated carbocycles. The van der Waals surface area contributed by atoms with E-state index in [0.29, 0.717) is 5.92 Å². The minimum absolute atomic E-state index is 0.0484. The second-order valence-corrected chi connectivity index (χ2v) is 6.10. The number of aryl methyl sites for hydroxylation is 1. The Bertz CT molecular complexity index is 501. The van der Waals surface area contributed by atoms with E-state index in [1.54, 1.807) is 11.3 Å². The topological polar surface area (TPSA) is 56.7 Å². The van der Waals surface area contributed by atoms with E-state index in [9.17, 15) is 0 Å². The number of nitrogens with zero attached hydrogens (tertiary/aromatic N) is 3. The van der Waals surface area contributed by atoms with Gasteiger partial charge in [-0.15, -0.1) is 11.3 Å². The SMILES string of the molecule is Cc1nc(Cn2cncc2C(N)CC(C)C)cs1. The van der Waals surface area contributed by atoms with Gasteiger partial charge in [0.05, 0.1) is 29.3 Å². The number of thiazole rings is 1. The third-order valence-corrected chi connectivity index (χ3v) is 3.67. The molecule has 2 aromatic heterocycles. The molecule has 0 amide bonds. The van der Waals surface area contributed by atoms with Crippen LogP contribution in [0.25, 0.3) is 0 Å². The summed E-state index contributed by atoms with van der Waals surface area (Å²) in [6.07, 6.45) is 4.68. The number of aromatic nitrogens is 3. The van der Waals surface area contributed by atoms with Crippen LogP contribution in [0.5, 0.6) is 0 Å². The van der Waals surface area contributed by atoms with Gasteiger partial charge in [0.1, 0.15) is 0 Å². The van der Waals surface area contributed by atoms with Crippen LogP contribution in [0, 0.1) is 12.8 Å². The van der Waals surface area contributed by atoms with Gasteiger partial charge < -0.3 is 10.3 Å². The Kier molecular flexibility index (Phi) is 4.14. The van der Waals surface area contributed by atoms with Gasteiger partial charge in [0.15, 0.2) is 0 Å². The van der Waals surface area contributed by atoms with E-state index in [1.165, 1.54) is 0 Å². The predicted molar refractivity (Wildman–Crippen MR) is 74.6 cm³/mol. The number of rotatable bonds is 5. The van der Waals surface area contributed by atoms with Gasteiger partial charge in [-0.1, -0.05) is 13.8 Å². The van der Waals surface area contributed by atoms with Crippen LogP contribution in [0.2, 0.25) is 0 Å². The average molecular weight is 264 g/mol. The van der Waals surface area contributed by atoms with E-state index in [-0.39, 0.29) is 6.04 Å². The smallest absolute Gasteiger partial charge is 0.0952 e. The molecule has 2 heterocycles. The second-order valence-electron chi connectivity index (χ2n) is 5.04. The zero-order valence-corrected chi connectivity index (χ0v) is 11.9. The summed E-state index contributed by atoms with van der Waals surface area (Å²) in [7, 11) is 0. The molecular weight excluding hydrogens is 244 g/mol. The fourth-order valence-electron chi connectivity index (χ4n) is 2.06. The molecule has 4 nitrogen and oxygen atoms in total.